The van der Waals surface area contributed by atoms with Gasteiger partial charge in [0, 0.05) is 21.5 Å². The van der Waals surface area contributed by atoms with Gasteiger partial charge in [-0.3, -0.25) is 0 Å². The monoisotopic (exact) mass is 400 g/mol. The zero-order chi connectivity index (χ0) is 20.8. The summed E-state index contributed by atoms with van der Waals surface area (Å²) >= 11 is 0. The van der Waals surface area contributed by atoms with E-state index in [2.05, 4.69) is 0 Å². The van der Waals surface area contributed by atoms with Crippen molar-refractivity contribution < 1.29 is 32.9 Å². The Morgan fingerprint density at radius 1 is 0.759 bits per heavy atom. The average Bonchev–Trinajstić information content (AvgIpc) is 2.71. The maximum atomic E-state index is 14.0. The van der Waals surface area contributed by atoms with Crippen molar-refractivity contribution in [2.24, 2.45) is 0 Å². The zero-order valence-electron chi connectivity index (χ0n) is 16.2. The first-order valence-corrected chi connectivity index (χ1v) is 9.26. The lowest BCUT2D eigenvalue weighted by Crippen LogP contribution is -2.16. The molecule has 3 aromatic carbocycles. The van der Waals surface area contributed by atoms with Crippen molar-refractivity contribution in [1.29, 1.82) is 0 Å². The second-order valence-corrected chi connectivity index (χ2v) is 6.08. The first-order chi connectivity index (χ1) is 14.0. The van der Waals surface area contributed by atoms with Gasteiger partial charge in [-0.2, -0.15) is 0 Å². The third-order valence-corrected chi connectivity index (χ3v) is 4.17. The first-order valence-electron chi connectivity index (χ1n) is 9.26. The SMILES string of the molecule is CCOC(=O)COc1c2ccccc2c(OCC(=O)OCC)c2cc(F)ccc12. The molecule has 3 aromatic rings. The summed E-state index contributed by atoms with van der Waals surface area (Å²) in [5.41, 5.74) is 0. The van der Waals surface area contributed by atoms with Gasteiger partial charge < -0.3 is 18.9 Å². The predicted octanol–water partition coefficient (Wildman–Crippen LogP) is 4.02. The van der Waals surface area contributed by atoms with Crippen LogP contribution in [0.5, 0.6) is 11.5 Å². The smallest absolute Gasteiger partial charge is 0.344 e. The van der Waals surface area contributed by atoms with Crippen molar-refractivity contribution in [3.05, 3.63) is 48.3 Å². The molecule has 0 aromatic heterocycles. The summed E-state index contributed by atoms with van der Waals surface area (Å²) in [6.45, 7) is 3.29. The zero-order valence-corrected chi connectivity index (χ0v) is 16.2. The maximum Gasteiger partial charge on any atom is 0.344 e. The molecule has 0 bridgehead atoms. The van der Waals surface area contributed by atoms with Crippen molar-refractivity contribution in [2.75, 3.05) is 26.4 Å². The number of rotatable bonds is 8. The lowest BCUT2D eigenvalue weighted by molar-refractivity contribution is -0.146. The molecule has 7 heteroatoms. The van der Waals surface area contributed by atoms with Gasteiger partial charge >= 0.3 is 11.9 Å². The molecular formula is C22H21FO6. The Bertz CT molecular complexity index is 1050. The summed E-state index contributed by atoms with van der Waals surface area (Å²) in [6.07, 6.45) is 0. The minimum Gasteiger partial charge on any atom is -0.481 e. The van der Waals surface area contributed by atoms with Gasteiger partial charge in [-0.25, -0.2) is 14.0 Å². The van der Waals surface area contributed by atoms with Crippen LogP contribution in [0, 0.1) is 5.82 Å². The standard InChI is InChI=1S/C22H21FO6/c1-3-26-19(24)12-28-21-15-7-5-6-8-16(15)22(29-13-20(25)27-4-2)18-11-14(23)9-10-17(18)21/h5-11H,3-4,12-13H2,1-2H3. The molecule has 0 aliphatic heterocycles. The van der Waals surface area contributed by atoms with Gasteiger partial charge in [0.05, 0.1) is 13.2 Å². The average molecular weight is 400 g/mol. The highest BCUT2D eigenvalue weighted by atomic mass is 19.1. The predicted molar refractivity (Wildman–Crippen MR) is 106 cm³/mol. The maximum absolute atomic E-state index is 14.0. The molecule has 29 heavy (non-hydrogen) atoms. The molecule has 0 aliphatic rings. The van der Waals surface area contributed by atoms with E-state index in [1.165, 1.54) is 12.1 Å². The Kier molecular flexibility index (Phi) is 6.49. The third-order valence-electron chi connectivity index (χ3n) is 4.17. The van der Waals surface area contributed by atoms with E-state index in [1.807, 2.05) is 6.07 Å². The number of carbonyl (C=O) groups excluding carboxylic acids is 2. The number of esters is 2. The Morgan fingerprint density at radius 2 is 1.24 bits per heavy atom. The highest BCUT2D eigenvalue weighted by Crippen LogP contribution is 2.43. The largest absolute Gasteiger partial charge is 0.481 e. The van der Waals surface area contributed by atoms with Crippen LogP contribution in [0.2, 0.25) is 0 Å². The topological polar surface area (TPSA) is 71.1 Å². The molecule has 0 saturated carbocycles. The molecule has 0 aliphatic carbocycles. The Hall–Kier alpha value is -3.35. The van der Waals surface area contributed by atoms with Gasteiger partial charge in [0.15, 0.2) is 13.2 Å². The summed E-state index contributed by atoms with van der Waals surface area (Å²) in [6, 6.07) is 11.3. The van der Waals surface area contributed by atoms with Crippen LogP contribution in [-0.2, 0) is 19.1 Å². The number of ether oxygens (including phenoxy) is 4. The van der Waals surface area contributed by atoms with E-state index >= 15 is 0 Å². The fourth-order valence-corrected chi connectivity index (χ4v) is 3.05. The van der Waals surface area contributed by atoms with E-state index in [4.69, 9.17) is 18.9 Å². The van der Waals surface area contributed by atoms with Crippen LogP contribution >= 0.6 is 0 Å². The number of halogens is 1. The molecule has 3 rings (SSSR count). The fraction of sp³-hybridized carbons (Fsp3) is 0.273. The van der Waals surface area contributed by atoms with Crippen LogP contribution in [0.1, 0.15) is 13.8 Å². The summed E-state index contributed by atoms with van der Waals surface area (Å²) in [5.74, 6) is -0.748. The normalized spacial score (nSPS) is 10.7. The minimum atomic E-state index is -0.524. The second kappa shape index (κ2) is 9.23. The molecule has 0 fully saturated rings. The van der Waals surface area contributed by atoms with Crippen LogP contribution in [0.15, 0.2) is 42.5 Å². The molecule has 0 saturated heterocycles. The quantitative estimate of drug-likeness (QED) is 0.420. The lowest BCUT2D eigenvalue weighted by atomic mass is 10.0. The summed E-state index contributed by atoms with van der Waals surface area (Å²) in [4.78, 5) is 23.5. The molecule has 0 spiro atoms. The number of hydrogen-bond donors (Lipinski definition) is 0. The van der Waals surface area contributed by atoms with Crippen molar-refractivity contribution in [3.8, 4) is 11.5 Å². The van der Waals surface area contributed by atoms with Gasteiger partial charge in [0.25, 0.3) is 0 Å². The Balaban J connectivity index is 2.12. The lowest BCUT2D eigenvalue weighted by Gasteiger charge is -2.17. The van der Waals surface area contributed by atoms with Crippen LogP contribution in [0.4, 0.5) is 4.39 Å². The highest BCUT2D eigenvalue weighted by molar-refractivity contribution is 6.11. The van der Waals surface area contributed by atoms with Crippen LogP contribution in [-0.4, -0.2) is 38.4 Å². The van der Waals surface area contributed by atoms with E-state index in [0.717, 1.165) is 0 Å². The Morgan fingerprint density at radius 3 is 1.76 bits per heavy atom. The second-order valence-electron chi connectivity index (χ2n) is 6.08. The third kappa shape index (κ3) is 4.56. The molecule has 0 heterocycles. The van der Waals surface area contributed by atoms with Crippen LogP contribution < -0.4 is 9.47 Å². The summed E-state index contributed by atoms with van der Waals surface area (Å²) in [7, 11) is 0. The van der Waals surface area contributed by atoms with Gasteiger partial charge in [0.2, 0.25) is 0 Å². The number of carbonyl (C=O) groups is 2. The first kappa shape index (κ1) is 20.4. The minimum absolute atomic E-state index is 0.235. The molecule has 0 atom stereocenters. The molecule has 0 unspecified atom stereocenters. The van der Waals surface area contributed by atoms with Crippen molar-refractivity contribution in [2.45, 2.75) is 13.8 Å². The van der Waals surface area contributed by atoms with Crippen molar-refractivity contribution in [1.82, 2.24) is 0 Å². The molecule has 152 valence electrons. The van der Waals surface area contributed by atoms with E-state index in [1.54, 1.807) is 38.1 Å². The molecular weight excluding hydrogens is 379 g/mol. The molecule has 6 nitrogen and oxygen atoms in total. The molecule has 0 N–H and O–H groups in total. The van der Waals surface area contributed by atoms with Crippen LogP contribution in [0.25, 0.3) is 21.5 Å². The summed E-state index contributed by atoms with van der Waals surface area (Å²) < 4.78 is 35.3. The number of fused-ring (bicyclic) bond motifs is 2. The fourth-order valence-electron chi connectivity index (χ4n) is 3.05. The van der Waals surface area contributed by atoms with E-state index in [-0.39, 0.29) is 26.4 Å². The van der Waals surface area contributed by atoms with E-state index in [0.29, 0.717) is 33.0 Å². The molecule has 0 radical (unpaired) electrons. The van der Waals surface area contributed by atoms with Crippen molar-refractivity contribution >= 4 is 33.5 Å². The van der Waals surface area contributed by atoms with Crippen LogP contribution in [0.3, 0.4) is 0 Å². The Labute approximate surface area is 167 Å². The van der Waals surface area contributed by atoms with Gasteiger partial charge in [-0.15, -0.1) is 0 Å². The van der Waals surface area contributed by atoms with E-state index in [9.17, 15) is 14.0 Å². The van der Waals surface area contributed by atoms with Gasteiger partial charge in [-0.05, 0) is 32.0 Å². The number of benzene rings is 3. The van der Waals surface area contributed by atoms with Gasteiger partial charge in [0.1, 0.15) is 17.3 Å². The van der Waals surface area contributed by atoms with E-state index < -0.39 is 17.8 Å². The highest BCUT2D eigenvalue weighted by Gasteiger charge is 2.18. The summed E-state index contributed by atoms with van der Waals surface area (Å²) in [5, 5.41) is 2.25. The molecule has 0 amide bonds. The van der Waals surface area contributed by atoms with Crippen molar-refractivity contribution in [3.63, 3.8) is 0 Å². The van der Waals surface area contributed by atoms with Gasteiger partial charge in [-0.1, -0.05) is 24.3 Å². The number of hydrogen-bond acceptors (Lipinski definition) is 6.